The lowest BCUT2D eigenvalue weighted by Crippen LogP contribution is -2.15. The third-order valence-corrected chi connectivity index (χ3v) is 5.20. The van der Waals surface area contributed by atoms with Gasteiger partial charge < -0.3 is 9.88 Å². The second kappa shape index (κ2) is 8.48. The molecule has 11 heteroatoms. The van der Waals surface area contributed by atoms with E-state index in [4.69, 9.17) is 0 Å². The maximum absolute atomic E-state index is 13.8. The monoisotopic (exact) mass is 465 g/mol. The van der Waals surface area contributed by atoms with Crippen molar-refractivity contribution in [2.75, 3.05) is 11.1 Å². The number of nitro benzene ring substituents is 1. The molecule has 0 atom stereocenters. The summed E-state index contributed by atoms with van der Waals surface area (Å²) in [6.07, 6.45) is 0. The Morgan fingerprint density at radius 2 is 2.11 bits per heavy atom. The number of hydrogen-bond acceptors (Lipinski definition) is 6. The number of thioether (sulfide) groups is 1. The highest BCUT2D eigenvalue weighted by Crippen LogP contribution is 2.26. The molecule has 0 spiro atoms. The smallest absolute Gasteiger partial charge is 0.270 e. The highest BCUT2D eigenvalue weighted by molar-refractivity contribution is 9.10. The van der Waals surface area contributed by atoms with Crippen molar-refractivity contribution in [3.8, 4) is 11.4 Å². The standard InChI is InChI=1S/C17H13BrFN5O3S/c1-23-16(10-3-2-4-12(7-10)24(26)27)21-22-17(23)28-9-15(25)20-14-6-5-11(18)8-13(14)19/h2-8H,9H2,1H3,(H,20,25). The van der Waals surface area contributed by atoms with Gasteiger partial charge in [0.15, 0.2) is 11.0 Å². The first-order valence-electron chi connectivity index (χ1n) is 7.87. The maximum atomic E-state index is 13.8. The number of halogens is 2. The predicted octanol–water partition coefficient (Wildman–Crippen LogP) is 4.02. The number of carbonyl (C=O) groups excluding carboxylic acids is 1. The van der Waals surface area contributed by atoms with Crippen LogP contribution in [0.4, 0.5) is 15.8 Å². The Morgan fingerprint density at radius 3 is 2.82 bits per heavy atom. The summed E-state index contributed by atoms with van der Waals surface area (Å²) in [6, 6.07) is 10.4. The topological polar surface area (TPSA) is 103 Å². The van der Waals surface area contributed by atoms with Crippen molar-refractivity contribution in [2.24, 2.45) is 7.05 Å². The van der Waals surface area contributed by atoms with Crippen LogP contribution in [0, 0.1) is 15.9 Å². The Bertz CT molecular complexity index is 1060. The van der Waals surface area contributed by atoms with Gasteiger partial charge in [-0.15, -0.1) is 10.2 Å². The summed E-state index contributed by atoms with van der Waals surface area (Å²) in [6.45, 7) is 0. The summed E-state index contributed by atoms with van der Waals surface area (Å²) in [5, 5.41) is 21.9. The predicted molar refractivity (Wildman–Crippen MR) is 107 cm³/mol. The van der Waals surface area contributed by atoms with E-state index in [9.17, 15) is 19.3 Å². The number of hydrogen-bond donors (Lipinski definition) is 1. The average Bonchev–Trinajstić information content (AvgIpc) is 3.03. The van der Waals surface area contributed by atoms with Gasteiger partial charge in [0.05, 0.1) is 16.4 Å². The van der Waals surface area contributed by atoms with Crippen LogP contribution in [0.2, 0.25) is 0 Å². The molecule has 0 unspecified atom stereocenters. The normalized spacial score (nSPS) is 10.7. The third kappa shape index (κ3) is 4.54. The van der Waals surface area contributed by atoms with Crippen LogP contribution in [0.1, 0.15) is 0 Å². The van der Waals surface area contributed by atoms with Crippen molar-refractivity contribution in [3.63, 3.8) is 0 Å². The fourth-order valence-corrected chi connectivity index (χ4v) is 3.40. The van der Waals surface area contributed by atoms with Crippen molar-refractivity contribution < 1.29 is 14.1 Å². The molecule has 144 valence electrons. The Hall–Kier alpha value is -2.79. The van der Waals surface area contributed by atoms with Crippen LogP contribution in [0.15, 0.2) is 52.1 Å². The van der Waals surface area contributed by atoms with Gasteiger partial charge in [-0.25, -0.2) is 4.39 Å². The molecule has 0 saturated carbocycles. The highest BCUT2D eigenvalue weighted by atomic mass is 79.9. The summed E-state index contributed by atoms with van der Waals surface area (Å²) < 4.78 is 16.0. The first-order chi connectivity index (χ1) is 13.3. The Morgan fingerprint density at radius 1 is 1.32 bits per heavy atom. The summed E-state index contributed by atoms with van der Waals surface area (Å²) >= 11 is 4.27. The van der Waals surface area contributed by atoms with Crippen molar-refractivity contribution in [3.05, 3.63) is 62.9 Å². The summed E-state index contributed by atoms with van der Waals surface area (Å²) in [5.41, 5.74) is 0.576. The van der Waals surface area contributed by atoms with Gasteiger partial charge in [0.25, 0.3) is 5.69 Å². The number of non-ortho nitro benzene ring substituents is 1. The number of carbonyl (C=O) groups is 1. The molecule has 28 heavy (non-hydrogen) atoms. The van der Waals surface area contributed by atoms with Gasteiger partial charge in [-0.2, -0.15) is 0 Å². The molecule has 3 rings (SSSR count). The SMILES string of the molecule is Cn1c(SCC(=O)Nc2ccc(Br)cc2F)nnc1-c1cccc([N+](=O)[O-])c1. The molecule has 0 aliphatic heterocycles. The molecule has 0 bridgehead atoms. The number of nitrogens with one attached hydrogen (secondary N) is 1. The lowest BCUT2D eigenvalue weighted by molar-refractivity contribution is -0.384. The van der Waals surface area contributed by atoms with Crippen LogP contribution in [-0.2, 0) is 11.8 Å². The molecular weight excluding hydrogens is 453 g/mol. The highest BCUT2D eigenvalue weighted by Gasteiger charge is 2.16. The summed E-state index contributed by atoms with van der Waals surface area (Å²) in [7, 11) is 1.70. The number of aromatic nitrogens is 3. The number of benzene rings is 2. The molecule has 3 aromatic rings. The molecule has 0 fully saturated rings. The molecule has 1 aromatic heterocycles. The van der Waals surface area contributed by atoms with Crippen molar-refractivity contribution >= 4 is 45.0 Å². The van der Waals surface area contributed by atoms with E-state index in [0.29, 0.717) is 21.0 Å². The van der Waals surface area contributed by atoms with Crippen LogP contribution in [-0.4, -0.2) is 31.3 Å². The molecule has 1 N–H and O–H groups in total. The van der Waals surface area contributed by atoms with Gasteiger partial charge in [0.2, 0.25) is 5.91 Å². The molecule has 0 aliphatic carbocycles. The first kappa shape index (κ1) is 20.0. The Labute approximate surface area is 171 Å². The molecule has 2 aromatic carbocycles. The largest absolute Gasteiger partial charge is 0.323 e. The van der Waals surface area contributed by atoms with Crippen LogP contribution in [0.5, 0.6) is 0 Å². The zero-order valence-corrected chi connectivity index (χ0v) is 16.8. The van der Waals surface area contributed by atoms with Crippen LogP contribution < -0.4 is 5.32 Å². The summed E-state index contributed by atoms with van der Waals surface area (Å²) in [5.74, 6) is -0.507. The number of rotatable bonds is 6. The molecule has 0 saturated heterocycles. The van der Waals surface area contributed by atoms with Gasteiger partial charge in [-0.05, 0) is 18.2 Å². The van der Waals surface area contributed by atoms with Gasteiger partial charge in [-0.1, -0.05) is 39.8 Å². The maximum Gasteiger partial charge on any atom is 0.270 e. The van der Waals surface area contributed by atoms with E-state index in [2.05, 4.69) is 31.4 Å². The summed E-state index contributed by atoms with van der Waals surface area (Å²) in [4.78, 5) is 22.5. The molecular formula is C17H13BrFN5O3S. The van der Waals surface area contributed by atoms with Crippen molar-refractivity contribution in [1.82, 2.24) is 14.8 Å². The van der Waals surface area contributed by atoms with E-state index in [0.717, 1.165) is 11.8 Å². The molecule has 1 heterocycles. The lowest BCUT2D eigenvalue weighted by atomic mass is 10.2. The van der Waals surface area contributed by atoms with Crippen LogP contribution in [0.3, 0.4) is 0 Å². The number of amides is 1. The minimum atomic E-state index is -0.542. The van der Waals surface area contributed by atoms with E-state index < -0.39 is 16.6 Å². The first-order valence-corrected chi connectivity index (χ1v) is 9.65. The second-order valence-electron chi connectivity index (χ2n) is 5.63. The van der Waals surface area contributed by atoms with E-state index in [1.54, 1.807) is 29.8 Å². The fraction of sp³-hybridized carbons (Fsp3) is 0.118. The van der Waals surface area contributed by atoms with E-state index in [1.165, 1.54) is 24.3 Å². The van der Waals surface area contributed by atoms with Crippen LogP contribution >= 0.6 is 27.7 Å². The number of anilines is 1. The minimum Gasteiger partial charge on any atom is -0.323 e. The fourth-order valence-electron chi connectivity index (χ4n) is 2.36. The molecule has 8 nitrogen and oxygen atoms in total. The Kier molecular flexibility index (Phi) is 6.05. The lowest BCUT2D eigenvalue weighted by Gasteiger charge is -2.07. The molecule has 1 amide bonds. The van der Waals surface area contributed by atoms with Gasteiger partial charge in [-0.3, -0.25) is 14.9 Å². The van der Waals surface area contributed by atoms with Gasteiger partial charge >= 0.3 is 0 Å². The van der Waals surface area contributed by atoms with Gasteiger partial charge in [0, 0.05) is 29.2 Å². The van der Waals surface area contributed by atoms with Crippen molar-refractivity contribution in [2.45, 2.75) is 5.16 Å². The zero-order chi connectivity index (χ0) is 20.3. The van der Waals surface area contributed by atoms with E-state index in [1.807, 2.05) is 0 Å². The minimum absolute atomic E-state index is 0.00356. The zero-order valence-electron chi connectivity index (χ0n) is 14.4. The van der Waals surface area contributed by atoms with E-state index >= 15 is 0 Å². The molecule has 0 aliphatic rings. The van der Waals surface area contributed by atoms with Gasteiger partial charge in [0.1, 0.15) is 5.82 Å². The Balaban J connectivity index is 1.68. The molecule has 0 radical (unpaired) electrons. The third-order valence-electron chi connectivity index (χ3n) is 3.69. The average molecular weight is 466 g/mol. The van der Waals surface area contributed by atoms with E-state index in [-0.39, 0.29) is 17.1 Å². The van der Waals surface area contributed by atoms with Crippen molar-refractivity contribution in [1.29, 1.82) is 0 Å². The number of nitrogens with zero attached hydrogens (tertiary/aromatic N) is 4. The number of nitro groups is 1. The second-order valence-corrected chi connectivity index (χ2v) is 7.49. The van der Waals surface area contributed by atoms with Crippen LogP contribution in [0.25, 0.3) is 11.4 Å². The quantitative estimate of drug-likeness (QED) is 0.335.